The highest BCUT2D eigenvalue weighted by atomic mass is 32.2. The van der Waals surface area contributed by atoms with Crippen LogP contribution in [0.3, 0.4) is 0 Å². The second-order valence-corrected chi connectivity index (χ2v) is 7.12. The van der Waals surface area contributed by atoms with Crippen LogP contribution in [0.25, 0.3) is 11.0 Å². The van der Waals surface area contributed by atoms with Gasteiger partial charge >= 0.3 is 5.97 Å². The molecule has 8 heteroatoms. The van der Waals surface area contributed by atoms with Crippen molar-refractivity contribution >= 4 is 29.0 Å². The van der Waals surface area contributed by atoms with Gasteiger partial charge in [-0.1, -0.05) is 24.1 Å². The molecule has 154 valence electrons. The number of methoxy groups -OCH3 is 2. The number of fused-ring (bicyclic) bond motifs is 1. The van der Waals surface area contributed by atoms with Crippen LogP contribution in [0.15, 0.2) is 42.5 Å². The summed E-state index contributed by atoms with van der Waals surface area (Å²) < 4.78 is 21.1. The fourth-order valence-corrected chi connectivity index (χ4v) is 3.50. The van der Waals surface area contributed by atoms with Gasteiger partial charge in [0.25, 0.3) is 0 Å². The van der Waals surface area contributed by atoms with E-state index in [0.717, 1.165) is 33.9 Å². The number of aromatic nitrogens is 2. The van der Waals surface area contributed by atoms with E-state index in [9.17, 15) is 4.79 Å². The molecular formula is C21H25N3O4S. The topological polar surface area (TPSA) is 74.6 Å². The Kier molecular flexibility index (Phi) is 7.00. The molecule has 3 aromatic rings. The van der Waals surface area contributed by atoms with Crippen molar-refractivity contribution in [1.29, 1.82) is 0 Å². The number of hydrogen-bond donors (Lipinski definition) is 1. The van der Waals surface area contributed by atoms with E-state index in [1.807, 2.05) is 60.3 Å². The Balaban J connectivity index is 1.65. The second-order valence-electron chi connectivity index (χ2n) is 6.48. The molecule has 0 saturated heterocycles. The van der Waals surface area contributed by atoms with Gasteiger partial charge < -0.3 is 18.8 Å². The number of imidazole rings is 1. The molecule has 1 atom stereocenters. The first-order valence-corrected chi connectivity index (χ1v) is 10.4. The minimum absolute atomic E-state index is 0.279. The molecule has 1 N–H and O–H groups in total. The molecule has 2 aromatic carbocycles. The number of rotatable bonds is 9. The van der Waals surface area contributed by atoms with Crippen molar-refractivity contribution in [2.45, 2.75) is 19.1 Å². The van der Waals surface area contributed by atoms with Crippen LogP contribution in [0.5, 0.6) is 11.5 Å². The van der Waals surface area contributed by atoms with Crippen molar-refractivity contribution in [3.63, 3.8) is 0 Å². The lowest BCUT2D eigenvalue weighted by molar-refractivity contribution is -0.142. The number of nitrogens with one attached hydrogen (secondary N) is 1. The first-order chi connectivity index (χ1) is 14.0. The van der Waals surface area contributed by atoms with Gasteiger partial charge in [-0.2, -0.15) is 0 Å². The standard InChI is InChI=1S/C21H25N3O4S/c1-24-19-12-16(26-2)9-10-17(19)22-20(24)13-28-15-7-5-14(6-8-15)11-18(23-29-4)21(25)27-3/h5-10,12,18,23H,11,13H2,1-4H3. The average Bonchev–Trinajstić information content (AvgIpc) is 3.07. The van der Waals surface area contributed by atoms with Crippen LogP contribution in [-0.4, -0.2) is 42.0 Å². The summed E-state index contributed by atoms with van der Waals surface area (Å²) in [5.74, 6) is 2.08. The van der Waals surface area contributed by atoms with Gasteiger partial charge in [-0.15, -0.1) is 0 Å². The van der Waals surface area contributed by atoms with Crippen molar-refractivity contribution in [3.8, 4) is 11.5 Å². The maximum absolute atomic E-state index is 11.8. The zero-order valence-electron chi connectivity index (χ0n) is 17.0. The SMILES string of the molecule is COC(=O)C(Cc1ccc(OCc2nc3ccc(OC)cc3n2C)cc1)NSC. The first kappa shape index (κ1) is 21.0. The van der Waals surface area contributed by atoms with Gasteiger partial charge in [0.1, 0.15) is 30.0 Å². The highest BCUT2D eigenvalue weighted by Gasteiger charge is 2.18. The van der Waals surface area contributed by atoms with Crippen LogP contribution in [0.4, 0.5) is 0 Å². The van der Waals surface area contributed by atoms with Gasteiger partial charge in [-0.05, 0) is 42.5 Å². The molecule has 1 aromatic heterocycles. The lowest BCUT2D eigenvalue weighted by atomic mass is 10.1. The maximum Gasteiger partial charge on any atom is 0.324 e. The van der Waals surface area contributed by atoms with Crippen LogP contribution >= 0.6 is 11.9 Å². The van der Waals surface area contributed by atoms with Crippen molar-refractivity contribution in [1.82, 2.24) is 14.3 Å². The largest absolute Gasteiger partial charge is 0.497 e. The smallest absolute Gasteiger partial charge is 0.324 e. The van der Waals surface area contributed by atoms with E-state index in [2.05, 4.69) is 9.71 Å². The molecule has 0 radical (unpaired) electrons. The van der Waals surface area contributed by atoms with E-state index in [-0.39, 0.29) is 5.97 Å². The Bertz CT molecular complexity index is 972. The van der Waals surface area contributed by atoms with E-state index in [0.29, 0.717) is 13.0 Å². The summed E-state index contributed by atoms with van der Waals surface area (Å²) >= 11 is 1.39. The maximum atomic E-state index is 11.8. The monoisotopic (exact) mass is 415 g/mol. The third kappa shape index (κ3) is 5.02. The van der Waals surface area contributed by atoms with Crippen LogP contribution in [0.1, 0.15) is 11.4 Å². The van der Waals surface area contributed by atoms with E-state index in [1.54, 1.807) is 7.11 Å². The number of esters is 1. The Morgan fingerprint density at radius 2 is 1.90 bits per heavy atom. The molecule has 7 nitrogen and oxygen atoms in total. The molecule has 0 saturated carbocycles. The zero-order chi connectivity index (χ0) is 20.8. The third-order valence-corrected chi connectivity index (χ3v) is 5.18. The Hall–Kier alpha value is -2.71. The highest BCUT2D eigenvalue weighted by Crippen LogP contribution is 2.22. The van der Waals surface area contributed by atoms with Gasteiger partial charge in [0.15, 0.2) is 0 Å². The molecule has 0 aliphatic heterocycles. The lowest BCUT2D eigenvalue weighted by Gasteiger charge is -2.15. The molecule has 0 fully saturated rings. The Morgan fingerprint density at radius 1 is 1.17 bits per heavy atom. The first-order valence-electron chi connectivity index (χ1n) is 9.13. The van der Waals surface area contributed by atoms with Gasteiger partial charge in [-0.3, -0.25) is 4.79 Å². The summed E-state index contributed by atoms with van der Waals surface area (Å²) in [5, 5.41) is 0. The van der Waals surface area contributed by atoms with Gasteiger partial charge in [0.2, 0.25) is 0 Å². The summed E-state index contributed by atoms with van der Waals surface area (Å²) in [6.45, 7) is 0.353. The molecule has 3 rings (SSSR count). The zero-order valence-corrected chi connectivity index (χ0v) is 17.8. The average molecular weight is 416 g/mol. The lowest BCUT2D eigenvalue weighted by Crippen LogP contribution is -2.35. The van der Waals surface area contributed by atoms with E-state index < -0.39 is 6.04 Å². The number of benzene rings is 2. The molecule has 0 spiro atoms. The van der Waals surface area contributed by atoms with Gasteiger partial charge in [-0.25, -0.2) is 9.71 Å². The van der Waals surface area contributed by atoms with E-state index in [1.165, 1.54) is 19.1 Å². The number of carbonyl (C=O) groups excluding carboxylic acids is 1. The highest BCUT2D eigenvalue weighted by molar-refractivity contribution is 7.96. The number of aryl methyl sites for hydroxylation is 1. The number of carbonyl (C=O) groups is 1. The summed E-state index contributed by atoms with van der Waals surface area (Å²) in [4.78, 5) is 16.5. The minimum Gasteiger partial charge on any atom is -0.497 e. The summed E-state index contributed by atoms with van der Waals surface area (Å²) in [6, 6.07) is 13.1. The minimum atomic E-state index is -0.390. The van der Waals surface area contributed by atoms with Crippen molar-refractivity contribution in [3.05, 3.63) is 53.9 Å². The van der Waals surface area contributed by atoms with Crippen LogP contribution < -0.4 is 14.2 Å². The summed E-state index contributed by atoms with van der Waals surface area (Å²) in [5.41, 5.74) is 2.91. The van der Waals surface area contributed by atoms with Gasteiger partial charge in [0, 0.05) is 13.1 Å². The third-order valence-electron chi connectivity index (χ3n) is 4.66. The molecule has 1 heterocycles. The number of nitrogens with zero attached hydrogens (tertiary/aromatic N) is 2. The fourth-order valence-electron chi connectivity index (χ4n) is 3.04. The normalized spacial score (nSPS) is 12.0. The van der Waals surface area contributed by atoms with Crippen molar-refractivity contribution < 1.29 is 19.0 Å². The fraction of sp³-hybridized carbons (Fsp3) is 0.333. The van der Waals surface area contributed by atoms with Crippen LogP contribution in [0.2, 0.25) is 0 Å². The van der Waals surface area contributed by atoms with Crippen LogP contribution in [0, 0.1) is 0 Å². The summed E-state index contributed by atoms with van der Waals surface area (Å²) in [6.07, 6.45) is 2.42. The molecule has 0 aliphatic carbocycles. The van der Waals surface area contributed by atoms with Crippen molar-refractivity contribution in [2.24, 2.45) is 7.05 Å². The molecular weight excluding hydrogens is 390 g/mol. The van der Waals surface area contributed by atoms with Crippen molar-refractivity contribution in [2.75, 3.05) is 20.5 Å². The van der Waals surface area contributed by atoms with E-state index >= 15 is 0 Å². The van der Waals surface area contributed by atoms with E-state index in [4.69, 9.17) is 14.2 Å². The summed E-state index contributed by atoms with van der Waals surface area (Å²) in [7, 11) is 5.00. The number of hydrogen-bond acceptors (Lipinski definition) is 7. The van der Waals surface area contributed by atoms with Crippen LogP contribution in [-0.2, 0) is 29.6 Å². The predicted molar refractivity (Wildman–Crippen MR) is 114 cm³/mol. The molecule has 29 heavy (non-hydrogen) atoms. The molecule has 0 amide bonds. The Labute approximate surface area is 174 Å². The molecule has 1 unspecified atom stereocenters. The predicted octanol–water partition coefficient (Wildman–Crippen LogP) is 3.11. The second kappa shape index (κ2) is 9.67. The molecule has 0 bridgehead atoms. The Morgan fingerprint density at radius 3 is 2.55 bits per heavy atom. The molecule has 0 aliphatic rings. The number of ether oxygens (including phenoxy) is 3. The quantitative estimate of drug-likeness (QED) is 0.425. The van der Waals surface area contributed by atoms with Gasteiger partial charge in [0.05, 0.1) is 25.3 Å².